The van der Waals surface area contributed by atoms with Crippen LogP contribution in [0.2, 0.25) is 0 Å². The highest BCUT2D eigenvalue weighted by Crippen LogP contribution is 2.00. The van der Waals surface area contributed by atoms with Crippen molar-refractivity contribution in [1.29, 1.82) is 0 Å². The van der Waals surface area contributed by atoms with Crippen LogP contribution in [0.1, 0.15) is 32.4 Å². The smallest absolute Gasteiger partial charge is 0.244 e. The third-order valence-corrected chi connectivity index (χ3v) is 3.26. The van der Waals surface area contributed by atoms with Crippen LogP contribution < -0.4 is 5.32 Å². The van der Waals surface area contributed by atoms with E-state index in [4.69, 9.17) is 9.47 Å². The summed E-state index contributed by atoms with van der Waals surface area (Å²) in [5, 5.41) is 10.9. The minimum Gasteiger partial charge on any atom is -0.379 e. The zero-order chi connectivity index (χ0) is 18.3. The number of allylic oxidation sites excluding steroid dienone is 1. The number of aromatic nitrogens is 3. The van der Waals surface area contributed by atoms with Gasteiger partial charge in [0.05, 0.1) is 32.1 Å². The van der Waals surface area contributed by atoms with Crippen molar-refractivity contribution in [3.05, 3.63) is 24.0 Å². The van der Waals surface area contributed by atoms with Gasteiger partial charge in [0.25, 0.3) is 0 Å². The first-order valence-electron chi connectivity index (χ1n) is 8.62. The number of ketones is 1. The minimum absolute atomic E-state index is 0.141. The van der Waals surface area contributed by atoms with Crippen molar-refractivity contribution >= 4 is 11.7 Å². The van der Waals surface area contributed by atoms with E-state index in [9.17, 15) is 9.59 Å². The molecular formula is C17H28N4O4. The van der Waals surface area contributed by atoms with E-state index in [-0.39, 0.29) is 11.7 Å². The van der Waals surface area contributed by atoms with Gasteiger partial charge in [0.1, 0.15) is 0 Å². The molecule has 1 N–H and O–H groups in total. The molecule has 0 atom stereocenters. The molecule has 0 radical (unpaired) electrons. The first-order chi connectivity index (χ1) is 12.1. The monoisotopic (exact) mass is 352 g/mol. The van der Waals surface area contributed by atoms with E-state index < -0.39 is 0 Å². The number of carbonyl (C=O) groups excluding carboxylic acids is 2. The molecular weight excluding hydrogens is 324 g/mol. The molecule has 0 unspecified atom stereocenters. The lowest BCUT2D eigenvalue weighted by atomic mass is 10.2. The second kappa shape index (κ2) is 13.3. The van der Waals surface area contributed by atoms with E-state index in [1.807, 2.05) is 13.1 Å². The molecule has 0 aliphatic rings. The molecule has 8 heteroatoms. The van der Waals surface area contributed by atoms with Gasteiger partial charge in [-0.1, -0.05) is 5.21 Å². The maximum atomic E-state index is 11.4. The van der Waals surface area contributed by atoms with E-state index in [1.54, 1.807) is 4.68 Å². The third-order valence-electron chi connectivity index (χ3n) is 3.26. The van der Waals surface area contributed by atoms with Crippen molar-refractivity contribution in [2.45, 2.75) is 39.7 Å². The molecule has 0 aromatic carbocycles. The number of rotatable bonds is 14. The van der Waals surface area contributed by atoms with E-state index >= 15 is 0 Å². The van der Waals surface area contributed by atoms with E-state index in [0.29, 0.717) is 39.5 Å². The normalized spacial score (nSPS) is 11.1. The largest absolute Gasteiger partial charge is 0.379 e. The van der Waals surface area contributed by atoms with Crippen molar-refractivity contribution in [3.8, 4) is 0 Å². The number of nitrogens with one attached hydrogen (secondary N) is 1. The average molecular weight is 352 g/mol. The van der Waals surface area contributed by atoms with Crippen LogP contribution in [0.3, 0.4) is 0 Å². The van der Waals surface area contributed by atoms with Gasteiger partial charge in [-0.15, -0.1) is 5.10 Å². The number of hydrogen-bond donors (Lipinski definition) is 1. The number of ether oxygens (including phenoxy) is 2. The molecule has 1 amide bonds. The molecule has 0 aliphatic carbocycles. The molecule has 0 aliphatic heterocycles. The zero-order valence-corrected chi connectivity index (χ0v) is 15.1. The number of nitrogens with zero attached hydrogens (tertiary/aromatic N) is 3. The lowest BCUT2D eigenvalue weighted by molar-refractivity contribution is -0.117. The molecule has 0 saturated carbocycles. The lowest BCUT2D eigenvalue weighted by Gasteiger charge is -2.03. The number of hydrogen-bond acceptors (Lipinski definition) is 6. The van der Waals surface area contributed by atoms with Crippen molar-refractivity contribution < 1.29 is 19.1 Å². The lowest BCUT2D eigenvalue weighted by Crippen LogP contribution is -2.22. The molecule has 0 bridgehead atoms. The van der Waals surface area contributed by atoms with Gasteiger partial charge in [-0.05, 0) is 39.2 Å². The first kappa shape index (κ1) is 21.0. The van der Waals surface area contributed by atoms with E-state index in [1.165, 1.54) is 19.1 Å². The van der Waals surface area contributed by atoms with Crippen LogP contribution in [0.15, 0.2) is 18.3 Å². The van der Waals surface area contributed by atoms with Crippen LogP contribution in [-0.2, 0) is 32.0 Å². The van der Waals surface area contributed by atoms with Crippen LogP contribution in [0, 0.1) is 0 Å². The second-order valence-corrected chi connectivity index (χ2v) is 5.47. The van der Waals surface area contributed by atoms with Gasteiger partial charge in [0.15, 0.2) is 5.78 Å². The third kappa shape index (κ3) is 11.2. The molecule has 0 spiro atoms. The van der Waals surface area contributed by atoms with Crippen LogP contribution in [-0.4, -0.2) is 59.7 Å². The Bertz CT molecular complexity index is 543. The molecule has 0 saturated heterocycles. The predicted octanol–water partition coefficient (Wildman–Crippen LogP) is 0.915. The Morgan fingerprint density at radius 3 is 2.76 bits per heavy atom. The molecule has 140 valence electrons. The van der Waals surface area contributed by atoms with Crippen molar-refractivity contribution in [1.82, 2.24) is 20.3 Å². The van der Waals surface area contributed by atoms with Gasteiger partial charge < -0.3 is 14.8 Å². The molecule has 1 heterocycles. The maximum absolute atomic E-state index is 11.4. The summed E-state index contributed by atoms with van der Waals surface area (Å²) >= 11 is 0. The summed E-state index contributed by atoms with van der Waals surface area (Å²) in [6.45, 7) is 7.08. The van der Waals surface area contributed by atoms with Crippen molar-refractivity contribution in [2.24, 2.45) is 0 Å². The number of carbonyl (C=O) groups is 2. The predicted molar refractivity (Wildman–Crippen MR) is 93.1 cm³/mol. The fourth-order valence-electron chi connectivity index (χ4n) is 1.98. The first-order valence-corrected chi connectivity index (χ1v) is 8.62. The Morgan fingerprint density at radius 1 is 1.20 bits per heavy atom. The zero-order valence-electron chi connectivity index (χ0n) is 15.1. The number of amides is 1. The van der Waals surface area contributed by atoms with Crippen molar-refractivity contribution in [3.63, 3.8) is 0 Å². The molecule has 25 heavy (non-hydrogen) atoms. The fraction of sp³-hybridized carbons (Fsp3) is 0.647. The highest BCUT2D eigenvalue weighted by Gasteiger charge is 2.02. The van der Waals surface area contributed by atoms with Crippen LogP contribution in [0.4, 0.5) is 0 Å². The fourth-order valence-corrected chi connectivity index (χ4v) is 1.98. The SMILES string of the molecule is CCOCCOCCn1cc(CCCCNC(=O)/C=C/C(C)=O)nn1. The van der Waals surface area contributed by atoms with Gasteiger partial charge in [-0.3, -0.25) is 9.59 Å². The van der Waals surface area contributed by atoms with Gasteiger partial charge in [0, 0.05) is 25.4 Å². The highest BCUT2D eigenvalue weighted by molar-refractivity contribution is 5.96. The standard InChI is InChI=1S/C17H28N4O4/c1-3-24-12-13-25-11-10-21-14-16(19-20-21)6-4-5-9-18-17(23)8-7-15(2)22/h7-8,14H,3-6,9-13H2,1-2H3,(H,18,23)/b8-7+. The summed E-state index contributed by atoms with van der Waals surface area (Å²) < 4.78 is 12.4. The minimum atomic E-state index is -0.245. The molecule has 1 aromatic rings. The van der Waals surface area contributed by atoms with Crippen LogP contribution in [0.25, 0.3) is 0 Å². The second-order valence-electron chi connectivity index (χ2n) is 5.47. The molecule has 1 rings (SSSR count). The maximum Gasteiger partial charge on any atom is 0.244 e. The van der Waals surface area contributed by atoms with Gasteiger partial charge in [-0.2, -0.15) is 0 Å². The Kier molecular flexibility index (Phi) is 11.1. The quantitative estimate of drug-likeness (QED) is 0.395. The Labute approximate surface area is 148 Å². The summed E-state index contributed by atoms with van der Waals surface area (Å²) in [4.78, 5) is 22.1. The van der Waals surface area contributed by atoms with E-state index in [0.717, 1.165) is 25.0 Å². The molecule has 0 fully saturated rings. The van der Waals surface area contributed by atoms with Gasteiger partial charge in [-0.25, -0.2) is 4.68 Å². The van der Waals surface area contributed by atoms with Crippen LogP contribution >= 0.6 is 0 Å². The summed E-state index contributed by atoms with van der Waals surface area (Å²) in [6.07, 6.45) is 6.98. The highest BCUT2D eigenvalue weighted by atomic mass is 16.5. The van der Waals surface area contributed by atoms with E-state index in [2.05, 4.69) is 15.6 Å². The Hall–Kier alpha value is -2.06. The van der Waals surface area contributed by atoms with Gasteiger partial charge in [0.2, 0.25) is 5.91 Å². The van der Waals surface area contributed by atoms with Crippen LogP contribution in [0.5, 0.6) is 0 Å². The number of aryl methyl sites for hydroxylation is 1. The summed E-state index contributed by atoms with van der Waals surface area (Å²) in [7, 11) is 0. The topological polar surface area (TPSA) is 95.3 Å². The van der Waals surface area contributed by atoms with Gasteiger partial charge >= 0.3 is 0 Å². The summed E-state index contributed by atoms with van der Waals surface area (Å²) in [5.41, 5.74) is 0.928. The average Bonchev–Trinajstić information content (AvgIpc) is 3.03. The Balaban J connectivity index is 2.07. The number of unbranched alkanes of at least 4 members (excludes halogenated alkanes) is 1. The molecule has 1 aromatic heterocycles. The summed E-state index contributed by atoms with van der Waals surface area (Å²) in [6, 6.07) is 0. The Morgan fingerprint density at radius 2 is 2.00 bits per heavy atom. The van der Waals surface area contributed by atoms with Crippen molar-refractivity contribution in [2.75, 3.05) is 33.0 Å². The summed E-state index contributed by atoms with van der Waals surface area (Å²) in [5.74, 6) is -0.386. The molecule has 8 nitrogen and oxygen atoms in total.